The first-order valence-electron chi connectivity index (χ1n) is 6.95. The summed E-state index contributed by atoms with van der Waals surface area (Å²) in [6, 6.07) is 9.81. The molecular weight excluding hydrogens is 298 g/mol. The summed E-state index contributed by atoms with van der Waals surface area (Å²) in [6.07, 6.45) is 0. The zero-order valence-electron chi connectivity index (χ0n) is 11.9. The van der Waals surface area contributed by atoms with Crippen LogP contribution in [-0.4, -0.2) is 20.9 Å². The van der Waals surface area contributed by atoms with Gasteiger partial charge in [0.25, 0.3) is 0 Å². The number of nitrogens with one attached hydrogen (secondary N) is 1. The first kappa shape index (κ1) is 13.3. The summed E-state index contributed by atoms with van der Waals surface area (Å²) in [7, 11) is 0. The Morgan fingerprint density at radius 1 is 1.32 bits per heavy atom. The summed E-state index contributed by atoms with van der Waals surface area (Å²) in [5.74, 6) is 1.22. The van der Waals surface area contributed by atoms with Crippen LogP contribution in [0.3, 0.4) is 0 Å². The Morgan fingerprint density at radius 3 is 3.05 bits per heavy atom. The second kappa shape index (κ2) is 5.14. The van der Waals surface area contributed by atoms with E-state index in [4.69, 9.17) is 4.74 Å². The van der Waals surface area contributed by atoms with Crippen LogP contribution in [0.25, 0.3) is 11.0 Å². The summed E-state index contributed by atoms with van der Waals surface area (Å²) in [5, 5.41) is 0.720. The van der Waals surface area contributed by atoms with Gasteiger partial charge < -0.3 is 9.72 Å². The number of H-pyrrole nitrogens is 1. The quantitative estimate of drug-likeness (QED) is 0.594. The largest absolute Gasteiger partial charge is 0.457 e. The molecule has 1 aromatic carbocycles. The maximum atomic E-state index is 11.9. The smallest absolute Gasteiger partial charge is 0.341 e. The summed E-state index contributed by atoms with van der Waals surface area (Å²) in [6.45, 7) is 2.27. The van der Waals surface area contributed by atoms with Crippen molar-refractivity contribution in [3.8, 4) is 0 Å². The number of benzene rings is 1. The van der Waals surface area contributed by atoms with Gasteiger partial charge in [-0.2, -0.15) is 0 Å². The van der Waals surface area contributed by atoms with Crippen LogP contribution in [0, 0.1) is 6.92 Å². The van der Waals surface area contributed by atoms with Gasteiger partial charge in [-0.05, 0) is 25.1 Å². The van der Waals surface area contributed by atoms with Crippen molar-refractivity contribution in [1.82, 2.24) is 15.0 Å². The molecule has 3 heterocycles. The summed E-state index contributed by atoms with van der Waals surface area (Å²) in [5.41, 5.74) is 4.38. The lowest BCUT2D eigenvalue weighted by Crippen LogP contribution is -2.00. The van der Waals surface area contributed by atoms with Crippen LogP contribution >= 0.6 is 11.8 Å². The van der Waals surface area contributed by atoms with Crippen LogP contribution in [-0.2, 0) is 17.1 Å². The number of hydrogen-bond acceptors (Lipinski definition) is 5. The maximum Gasteiger partial charge on any atom is 0.341 e. The second-order valence-corrected chi connectivity index (χ2v) is 6.13. The van der Waals surface area contributed by atoms with Gasteiger partial charge in [-0.25, -0.2) is 14.8 Å². The van der Waals surface area contributed by atoms with E-state index in [-0.39, 0.29) is 5.97 Å². The molecule has 0 saturated carbocycles. The molecule has 1 aliphatic rings. The number of nitrogens with zero attached hydrogens (tertiary/aromatic N) is 2. The number of imidazole rings is 1. The lowest BCUT2D eigenvalue weighted by atomic mass is 10.1. The number of thioether (sulfide) groups is 1. The number of para-hydroxylation sites is 2. The third kappa shape index (κ3) is 2.25. The van der Waals surface area contributed by atoms with Crippen molar-refractivity contribution in [2.75, 3.05) is 0 Å². The van der Waals surface area contributed by atoms with Crippen LogP contribution in [0.5, 0.6) is 0 Å². The molecule has 1 N–H and O–H groups in total. The van der Waals surface area contributed by atoms with E-state index < -0.39 is 0 Å². The third-order valence-corrected chi connectivity index (χ3v) is 4.53. The summed E-state index contributed by atoms with van der Waals surface area (Å²) < 4.78 is 5.10. The van der Waals surface area contributed by atoms with Gasteiger partial charge in [0.15, 0.2) is 0 Å². The number of fused-ring (bicyclic) bond motifs is 2. The number of carbonyl (C=O) groups excluding carboxylic acids is 1. The Balaban J connectivity index is 1.63. The molecule has 0 radical (unpaired) electrons. The van der Waals surface area contributed by atoms with Crippen LogP contribution in [0.15, 0.2) is 35.4 Å². The molecule has 6 heteroatoms. The first-order valence-corrected chi connectivity index (χ1v) is 7.93. The Hall–Kier alpha value is -2.34. The number of aromatic amines is 1. The van der Waals surface area contributed by atoms with E-state index in [0.29, 0.717) is 17.9 Å². The molecule has 0 aliphatic carbocycles. The van der Waals surface area contributed by atoms with Crippen molar-refractivity contribution in [2.45, 2.75) is 24.3 Å². The molecule has 1 aliphatic heterocycles. The van der Waals surface area contributed by atoms with Gasteiger partial charge >= 0.3 is 5.97 Å². The Labute approximate surface area is 131 Å². The number of carbonyl (C=O) groups is 1. The van der Waals surface area contributed by atoms with E-state index in [2.05, 4.69) is 15.0 Å². The molecule has 3 aromatic rings. The van der Waals surface area contributed by atoms with E-state index in [1.54, 1.807) is 0 Å². The van der Waals surface area contributed by atoms with Gasteiger partial charge in [0.2, 0.25) is 0 Å². The number of esters is 1. The summed E-state index contributed by atoms with van der Waals surface area (Å²) >= 11 is 1.51. The number of aryl methyl sites for hydroxylation is 1. The normalized spacial score (nSPS) is 13.4. The van der Waals surface area contributed by atoms with Gasteiger partial charge in [0, 0.05) is 11.3 Å². The molecule has 0 unspecified atom stereocenters. The van der Waals surface area contributed by atoms with Crippen LogP contribution in [0.4, 0.5) is 0 Å². The van der Waals surface area contributed by atoms with Crippen molar-refractivity contribution in [3.05, 3.63) is 53.0 Å². The predicted octanol–water partition coefficient (Wildman–Crippen LogP) is 3.23. The Kier molecular flexibility index (Phi) is 3.11. The minimum atomic E-state index is -0.283. The molecule has 2 aromatic heterocycles. The van der Waals surface area contributed by atoms with Gasteiger partial charge in [0.05, 0.1) is 22.3 Å². The highest BCUT2D eigenvalue weighted by atomic mass is 32.2. The maximum absolute atomic E-state index is 11.9. The lowest BCUT2D eigenvalue weighted by Gasteiger charge is -2.05. The van der Waals surface area contributed by atoms with Crippen molar-refractivity contribution >= 4 is 28.8 Å². The third-order valence-electron chi connectivity index (χ3n) is 3.54. The van der Waals surface area contributed by atoms with Crippen molar-refractivity contribution < 1.29 is 9.53 Å². The highest BCUT2D eigenvalue weighted by molar-refractivity contribution is 7.98. The number of pyridine rings is 1. The average molecular weight is 311 g/mol. The zero-order chi connectivity index (χ0) is 15.1. The highest BCUT2D eigenvalue weighted by Gasteiger charge is 2.26. The SMILES string of the molecule is Cc1cc2c(c(SCc3nc4ccccc4[nH]3)n1)C(=O)OC2. The molecule has 0 bridgehead atoms. The molecule has 0 spiro atoms. The van der Waals surface area contributed by atoms with Gasteiger partial charge in [-0.15, -0.1) is 0 Å². The standard InChI is InChI=1S/C16H13N3O2S/c1-9-6-10-7-21-16(20)14(10)15(17-9)22-8-13-18-11-4-2-3-5-12(11)19-13/h2-6H,7-8H2,1H3,(H,18,19). The Bertz CT molecular complexity index is 855. The summed E-state index contributed by atoms with van der Waals surface area (Å²) in [4.78, 5) is 24.2. The Morgan fingerprint density at radius 2 is 2.18 bits per heavy atom. The number of rotatable bonds is 3. The minimum absolute atomic E-state index is 0.283. The van der Waals surface area contributed by atoms with Crippen molar-refractivity contribution in [1.29, 1.82) is 0 Å². The van der Waals surface area contributed by atoms with Crippen LogP contribution < -0.4 is 0 Å². The van der Waals surface area contributed by atoms with E-state index in [9.17, 15) is 4.79 Å². The molecule has 0 saturated heterocycles. The topological polar surface area (TPSA) is 67.9 Å². The molecule has 0 atom stereocenters. The van der Waals surface area contributed by atoms with Crippen LogP contribution in [0.2, 0.25) is 0 Å². The number of hydrogen-bond donors (Lipinski definition) is 1. The fourth-order valence-electron chi connectivity index (χ4n) is 2.57. The molecule has 0 fully saturated rings. The van der Waals surface area contributed by atoms with E-state index in [1.807, 2.05) is 37.3 Å². The molecule has 22 heavy (non-hydrogen) atoms. The lowest BCUT2D eigenvalue weighted by molar-refractivity contribution is 0.0532. The van der Waals surface area contributed by atoms with Crippen molar-refractivity contribution in [2.24, 2.45) is 0 Å². The van der Waals surface area contributed by atoms with E-state index in [0.717, 1.165) is 33.1 Å². The fraction of sp³-hybridized carbons (Fsp3) is 0.188. The molecule has 5 nitrogen and oxygen atoms in total. The zero-order valence-corrected chi connectivity index (χ0v) is 12.7. The van der Waals surface area contributed by atoms with Crippen molar-refractivity contribution in [3.63, 3.8) is 0 Å². The first-order chi connectivity index (χ1) is 10.7. The monoisotopic (exact) mass is 311 g/mol. The van der Waals surface area contributed by atoms with Gasteiger partial charge in [-0.3, -0.25) is 0 Å². The minimum Gasteiger partial charge on any atom is -0.457 e. The highest BCUT2D eigenvalue weighted by Crippen LogP contribution is 2.31. The van der Waals surface area contributed by atoms with Crippen LogP contribution in [0.1, 0.15) is 27.4 Å². The fourth-order valence-corrected chi connectivity index (χ4v) is 3.55. The average Bonchev–Trinajstić information content (AvgIpc) is 3.08. The van der Waals surface area contributed by atoms with E-state index >= 15 is 0 Å². The number of cyclic esters (lactones) is 1. The van der Waals surface area contributed by atoms with Gasteiger partial charge in [-0.1, -0.05) is 23.9 Å². The molecule has 0 amide bonds. The number of aromatic nitrogens is 3. The molecule has 110 valence electrons. The second-order valence-electron chi connectivity index (χ2n) is 5.17. The molecule has 4 rings (SSSR count). The number of ether oxygens (including phenoxy) is 1. The van der Waals surface area contributed by atoms with E-state index in [1.165, 1.54) is 11.8 Å². The predicted molar refractivity (Wildman–Crippen MR) is 83.7 cm³/mol. The van der Waals surface area contributed by atoms with Gasteiger partial charge in [0.1, 0.15) is 17.5 Å². The molecular formula is C16H13N3O2S.